The second kappa shape index (κ2) is 9.75. The number of nitrogens with one attached hydrogen (secondary N) is 3. The molecule has 3 heterocycles. The van der Waals surface area contributed by atoms with Crippen LogP contribution < -0.4 is 20.9 Å². The van der Waals surface area contributed by atoms with E-state index in [1.165, 1.54) is 18.3 Å². The number of sulfone groups is 1. The van der Waals surface area contributed by atoms with Gasteiger partial charge in [-0.25, -0.2) is 18.2 Å². The Morgan fingerprint density at radius 1 is 1.00 bits per heavy atom. The van der Waals surface area contributed by atoms with E-state index < -0.39 is 15.9 Å². The van der Waals surface area contributed by atoms with E-state index in [2.05, 4.69) is 30.8 Å². The van der Waals surface area contributed by atoms with E-state index in [4.69, 9.17) is 0 Å². The summed E-state index contributed by atoms with van der Waals surface area (Å²) in [5, 5.41) is 8.69. The first-order valence-corrected chi connectivity index (χ1v) is 11.7. The number of amides is 2. The van der Waals surface area contributed by atoms with Crippen molar-refractivity contribution in [3.05, 3.63) is 72.7 Å². The van der Waals surface area contributed by atoms with Crippen LogP contribution >= 0.6 is 0 Å². The highest BCUT2D eigenvalue weighted by Gasteiger charge is 2.19. The lowest BCUT2D eigenvalue weighted by Crippen LogP contribution is -2.43. The first-order valence-electron chi connectivity index (χ1n) is 10.2. The van der Waals surface area contributed by atoms with Crippen LogP contribution in [0.3, 0.4) is 0 Å². The minimum atomic E-state index is -3.71. The van der Waals surface area contributed by atoms with E-state index in [1.54, 1.807) is 42.7 Å². The Kier molecular flexibility index (Phi) is 6.62. The smallest absolute Gasteiger partial charge is 0.319 e. The average Bonchev–Trinajstić information content (AvgIpc) is 2.84. The van der Waals surface area contributed by atoms with E-state index in [-0.39, 0.29) is 9.79 Å². The number of urea groups is 1. The average molecular weight is 453 g/mol. The number of benzene rings is 1. The van der Waals surface area contributed by atoms with Crippen LogP contribution in [0.1, 0.15) is 5.56 Å². The third kappa shape index (κ3) is 5.21. The van der Waals surface area contributed by atoms with Gasteiger partial charge in [-0.1, -0.05) is 6.07 Å². The number of pyridine rings is 2. The van der Waals surface area contributed by atoms with Gasteiger partial charge in [0.2, 0.25) is 9.84 Å². The fraction of sp³-hybridized carbons (Fsp3) is 0.227. The van der Waals surface area contributed by atoms with Gasteiger partial charge in [0.25, 0.3) is 0 Å². The lowest BCUT2D eigenvalue weighted by atomic mass is 10.3. The number of piperazine rings is 1. The van der Waals surface area contributed by atoms with E-state index >= 15 is 0 Å². The Morgan fingerprint density at radius 2 is 1.75 bits per heavy atom. The zero-order valence-corrected chi connectivity index (χ0v) is 18.2. The molecule has 1 fully saturated rings. The predicted octanol–water partition coefficient (Wildman–Crippen LogP) is 2.04. The highest BCUT2D eigenvalue weighted by molar-refractivity contribution is 7.91. The van der Waals surface area contributed by atoms with Crippen LogP contribution in [0.25, 0.3) is 0 Å². The fourth-order valence-electron chi connectivity index (χ4n) is 3.33. The summed E-state index contributed by atoms with van der Waals surface area (Å²) in [7, 11) is -3.71. The molecule has 0 atom stereocenters. The second-order valence-electron chi connectivity index (χ2n) is 7.29. The zero-order valence-electron chi connectivity index (χ0n) is 17.4. The number of aromatic nitrogens is 2. The standard InChI is InChI=1S/C22H24N6O3S/c29-22(26-15-17-2-1-9-24-14-17)27-18-3-5-19(6-4-18)32(30,31)20-7-8-21(25-16-20)28-12-10-23-11-13-28/h1-9,14,16,23H,10-13,15H2,(H2,26,27,29). The Morgan fingerprint density at radius 3 is 2.41 bits per heavy atom. The summed E-state index contributed by atoms with van der Waals surface area (Å²) >= 11 is 0. The molecule has 3 aromatic rings. The highest BCUT2D eigenvalue weighted by Crippen LogP contribution is 2.23. The molecule has 166 valence electrons. The first-order chi connectivity index (χ1) is 15.5. The maximum Gasteiger partial charge on any atom is 0.319 e. The number of anilines is 2. The third-order valence-electron chi connectivity index (χ3n) is 5.07. The van der Waals surface area contributed by atoms with Gasteiger partial charge in [-0.2, -0.15) is 0 Å². The van der Waals surface area contributed by atoms with Crippen molar-refractivity contribution in [2.75, 3.05) is 36.4 Å². The molecule has 0 spiro atoms. The molecule has 1 aliphatic heterocycles. The second-order valence-corrected chi connectivity index (χ2v) is 9.24. The molecule has 10 heteroatoms. The summed E-state index contributed by atoms with van der Waals surface area (Å²) in [5.74, 6) is 0.766. The third-order valence-corrected chi connectivity index (χ3v) is 6.83. The van der Waals surface area contributed by atoms with Crippen LogP contribution in [0.4, 0.5) is 16.3 Å². The molecule has 0 unspecified atom stereocenters. The largest absolute Gasteiger partial charge is 0.354 e. The fourth-order valence-corrected chi connectivity index (χ4v) is 4.53. The molecule has 3 N–H and O–H groups in total. The van der Waals surface area contributed by atoms with Gasteiger partial charge in [-0.05, 0) is 48.0 Å². The van der Waals surface area contributed by atoms with Crippen molar-refractivity contribution in [2.45, 2.75) is 16.3 Å². The summed E-state index contributed by atoms with van der Waals surface area (Å²) in [6, 6.07) is 12.6. The molecule has 2 aromatic heterocycles. The molecule has 0 radical (unpaired) electrons. The maximum absolute atomic E-state index is 12.9. The Balaban J connectivity index is 1.38. The van der Waals surface area contributed by atoms with Crippen LogP contribution in [0.5, 0.6) is 0 Å². The zero-order chi connectivity index (χ0) is 22.4. The van der Waals surface area contributed by atoms with Gasteiger partial charge in [0, 0.05) is 57.0 Å². The van der Waals surface area contributed by atoms with E-state index in [1.807, 2.05) is 6.07 Å². The first kappa shape index (κ1) is 21.7. The molecule has 9 nitrogen and oxygen atoms in total. The van der Waals surface area contributed by atoms with E-state index in [0.29, 0.717) is 12.2 Å². The van der Waals surface area contributed by atoms with Crippen molar-refractivity contribution < 1.29 is 13.2 Å². The number of carbonyl (C=O) groups is 1. The van der Waals surface area contributed by atoms with Gasteiger partial charge in [0.1, 0.15) is 5.82 Å². The summed E-state index contributed by atoms with van der Waals surface area (Å²) in [5.41, 5.74) is 1.36. The Bertz CT molecular complexity index is 1150. The van der Waals surface area contributed by atoms with Gasteiger partial charge in [0.05, 0.1) is 9.79 Å². The lowest BCUT2D eigenvalue weighted by Gasteiger charge is -2.28. The van der Waals surface area contributed by atoms with Gasteiger partial charge in [-0.15, -0.1) is 0 Å². The van der Waals surface area contributed by atoms with Gasteiger partial charge in [0.15, 0.2) is 0 Å². The Labute approximate surface area is 186 Å². The SMILES string of the molecule is O=C(NCc1cccnc1)Nc1ccc(S(=O)(=O)c2ccc(N3CCNCC3)nc2)cc1. The van der Waals surface area contributed by atoms with Crippen LogP contribution in [-0.2, 0) is 16.4 Å². The van der Waals surface area contributed by atoms with Crippen molar-refractivity contribution in [1.82, 2.24) is 20.6 Å². The monoisotopic (exact) mass is 452 g/mol. The molecule has 1 saturated heterocycles. The molecule has 0 aliphatic carbocycles. The molecular formula is C22H24N6O3S. The van der Waals surface area contributed by atoms with Crippen molar-refractivity contribution in [3.8, 4) is 0 Å². The molecule has 2 amide bonds. The quantitative estimate of drug-likeness (QED) is 0.524. The number of nitrogens with zero attached hydrogens (tertiary/aromatic N) is 3. The molecule has 32 heavy (non-hydrogen) atoms. The van der Waals surface area contributed by atoms with Gasteiger partial charge < -0.3 is 20.9 Å². The van der Waals surface area contributed by atoms with Crippen LogP contribution in [0.15, 0.2) is 76.9 Å². The Hall–Kier alpha value is -3.50. The van der Waals surface area contributed by atoms with Gasteiger partial charge in [-0.3, -0.25) is 4.98 Å². The molecule has 4 rings (SSSR count). The molecule has 0 bridgehead atoms. The molecule has 0 saturated carbocycles. The van der Waals surface area contributed by atoms with Crippen LogP contribution in [-0.4, -0.2) is 50.6 Å². The number of hydrogen-bond donors (Lipinski definition) is 3. The van der Waals surface area contributed by atoms with Crippen molar-refractivity contribution in [3.63, 3.8) is 0 Å². The van der Waals surface area contributed by atoms with Gasteiger partial charge >= 0.3 is 6.03 Å². The lowest BCUT2D eigenvalue weighted by molar-refractivity contribution is 0.251. The minimum Gasteiger partial charge on any atom is -0.354 e. The van der Waals surface area contributed by atoms with E-state index in [9.17, 15) is 13.2 Å². The van der Waals surface area contributed by atoms with E-state index in [0.717, 1.165) is 37.6 Å². The number of carbonyl (C=O) groups excluding carboxylic acids is 1. The van der Waals surface area contributed by atoms with Crippen molar-refractivity contribution in [2.24, 2.45) is 0 Å². The van der Waals surface area contributed by atoms with Crippen molar-refractivity contribution >= 4 is 27.4 Å². The summed E-state index contributed by atoms with van der Waals surface area (Å²) < 4.78 is 25.9. The molecule has 1 aliphatic rings. The minimum absolute atomic E-state index is 0.131. The summed E-state index contributed by atoms with van der Waals surface area (Å²) in [4.78, 5) is 22.8. The number of rotatable bonds is 6. The highest BCUT2D eigenvalue weighted by atomic mass is 32.2. The molecule has 1 aromatic carbocycles. The van der Waals surface area contributed by atoms with Crippen LogP contribution in [0.2, 0.25) is 0 Å². The topological polar surface area (TPSA) is 116 Å². The van der Waals surface area contributed by atoms with Crippen LogP contribution in [0, 0.1) is 0 Å². The summed E-state index contributed by atoms with van der Waals surface area (Å²) in [6.45, 7) is 3.77. The normalized spacial score (nSPS) is 14.1. The predicted molar refractivity (Wildman–Crippen MR) is 121 cm³/mol. The molecular weight excluding hydrogens is 428 g/mol. The number of hydrogen-bond acceptors (Lipinski definition) is 7. The maximum atomic E-state index is 12.9. The van der Waals surface area contributed by atoms with Crippen molar-refractivity contribution in [1.29, 1.82) is 0 Å². The summed E-state index contributed by atoms with van der Waals surface area (Å²) in [6.07, 6.45) is 4.73.